The Hall–Kier alpha value is -0.850. The van der Waals surface area contributed by atoms with Gasteiger partial charge in [-0.15, -0.1) is 0 Å². The number of ether oxygens (including phenoxy) is 1. The number of methoxy groups -OCH3 is 1. The first-order valence-electron chi connectivity index (χ1n) is 6.36. The maximum atomic E-state index is 8.61. The molecule has 0 spiro atoms. The van der Waals surface area contributed by atoms with E-state index in [1.54, 1.807) is 7.11 Å². The Labute approximate surface area is 125 Å². The predicted octanol–water partition coefficient (Wildman–Crippen LogP) is 4.86. The average Bonchev–Trinajstić information content (AvgIpc) is 2.35. The van der Waals surface area contributed by atoms with Crippen molar-refractivity contribution in [3.8, 4) is 11.2 Å². The zero-order chi connectivity index (χ0) is 14.4. The molecule has 0 aliphatic carbocycles. The van der Waals surface area contributed by atoms with Crippen molar-refractivity contribution in [2.45, 2.75) is 33.1 Å². The molecule has 2 nitrogen and oxygen atoms in total. The molecule has 19 heavy (non-hydrogen) atoms. The number of halogens is 1. The molecule has 0 N–H and O–H groups in total. The number of nitrogens with zero attached hydrogens (tertiary/aromatic N) is 1. The standard InChI is InChI=1S/C15H20ClNOS/c1-10(2)14-7-13(16)6-12(15(14)18-4)5-11(3)8-19-9-17/h6-7,10-11H,5,8H2,1-4H3. The van der Waals surface area contributed by atoms with Crippen LogP contribution in [0.3, 0.4) is 0 Å². The molecular formula is C15H20ClNOS. The summed E-state index contributed by atoms with van der Waals surface area (Å²) >= 11 is 7.49. The largest absolute Gasteiger partial charge is 0.496 e. The van der Waals surface area contributed by atoms with E-state index in [0.717, 1.165) is 34.1 Å². The number of rotatable bonds is 6. The molecule has 1 unspecified atom stereocenters. The summed E-state index contributed by atoms with van der Waals surface area (Å²) in [4.78, 5) is 0. The van der Waals surface area contributed by atoms with Crippen LogP contribution in [0.2, 0.25) is 5.02 Å². The van der Waals surface area contributed by atoms with Crippen molar-refractivity contribution in [3.05, 3.63) is 28.3 Å². The van der Waals surface area contributed by atoms with Crippen molar-refractivity contribution in [2.24, 2.45) is 5.92 Å². The summed E-state index contributed by atoms with van der Waals surface area (Å²) < 4.78 is 5.57. The summed E-state index contributed by atoms with van der Waals surface area (Å²) in [6, 6.07) is 3.95. The van der Waals surface area contributed by atoms with Gasteiger partial charge < -0.3 is 4.74 Å². The summed E-state index contributed by atoms with van der Waals surface area (Å²) in [5, 5.41) is 11.5. The second kappa shape index (κ2) is 7.67. The first kappa shape index (κ1) is 16.2. The Morgan fingerprint density at radius 3 is 2.58 bits per heavy atom. The fourth-order valence-electron chi connectivity index (χ4n) is 2.12. The van der Waals surface area contributed by atoms with Crippen LogP contribution >= 0.6 is 23.4 Å². The van der Waals surface area contributed by atoms with Gasteiger partial charge in [-0.1, -0.05) is 32.4 Å². The topological polar surface area (TPSA) is 33.0 Å². The van der Waals surface area contributed by atoms with Crippen LogP contribution in [-0.4, -0.2) is 12.9 Å². The molecule has 0 heterocycles. The van der Waals surface area contributed by atoms with Crippen LogP contribution in [0.15, 0.2) is 12.1 Å². The van der Waals surface area contributed by atoms with Crippen molar-refractivity contribution < 1.29 is 4.74 Å². The molecule has 1 aromatic carbocycles. The van der Waals surface area contributed by atoms with Crippen LogP contribution in [0.5, 0.6) is 5.75 Å². The maximum absolute atomic E-state index is 8.61. The summed E-state index contributed by atoms with van der Waals surface area (Å²) in [6.45, 7) is 6.40. The van der Waals surface area contributed by atoms with Gasteiger partial charge in [0.05, 0.1) is 7.11 Å². The van der Waals surface area contributed by atoms with Gasteiger partial charge in [0, 0.05) is 10.8 Å². The Morgan fingerprint density at radius 1 is 1.37 bits per heavy atom. The third-order valence-electron chi connectivity index (χ3n) is 2.99. The van der Waals surface area contributed by atoms with E-state index in [4.69, 9.17) is 21.6 Å². The van der Waals surface area contributed by atoms with Gasteiger partial charge in [0.15, 0.2) is 0 Å². The van der Waals surface area contributed by atoms with Crippen molar-refractivity contribution in [1.29, 1.82) is 5.26 Å². The number of nitriles is 1. The minimum absolute atomic E-state index is 0.371. The Bertz CT molecular complexity index is 468. The second-order valence-corrected chi connectivity index (χ2v) is 6.29. The highest BCUT2D eigenvalue weighted by Crippen LogP contribution is 2.34. The third-order valence-corrected chi connectivity index (χ3v) is 4.07. The molecule has 0 aromatic heterocycles. The molecule has 0 amide bonds. The molecule has 0 saturated carbocycles. The molecule has 0 aliphatic heterocycles. The monoisotopic (exact) mass is 297 g/mol. The van der Waals surface area contributed by atoms with Crippen molar-refractivity contribution in [1.82, 2.24) is 0 Å². The van der Waals surface area contributed by atoms with Crippen molar-refractivity contribution in [3.63, 3.8) is 0 Å². The first-order valence-corrected chi connectivity index (χ1v) is 7.73. The van der Waals surface area contributed by atoms with E-state index >= 15 is 0 Å². The SMILES string of the molecule is COc1c(CC(C)CSC#N)cc(Cl)cc1C(C)C. The Balaban J connectivity index is 3.02. The summed E-state index contributed by atoms with van der Waals surface area (Å²) in [7, 11) is 1.70. The third kappa shape index (κ3) is 4.63. The molecule has 104 valence electrons. The van der Waals surface area contributed by atoms with E-state index < -0.39 is 0 Å². The zero-order valence-corrected chi connectivity index (χ0v) is 13.4. The van der Waals surface area contributed by atoms with Gasteiger partial charge in [0.2, 0.25) is 0 Å². The van der Waals surface area contributed by atoms with Gasteiger partial charge in [-0.3, -0.25) is 0 Å². The smallest absolute Gasteiger partial charge is 0.133 e. The lowest BCUT2D eigenvalue weighted by Crippen LogP contribution is -2.06. The van der Waals surface area contributed by atoms with Gasteiger partial charge in [-0.2, -0.15) is 5.26 Å². The van der Waals surface area contributed by atoms with E-state index in [1.807, 2.05) is 12.1 Å². The number of hydrogen-bond acceptors (Lipinski definition) is 3. The minimum Gasteiger partial charge on any atom is -0.496 e. The van der Waals surface area contributed by atoms with E-state index in [-0.39, 0.29) is 0 Å². The molecule has 0 fully saturated rings. The molecule has 4 heteroatoms. The fourth-order valence-corrected chi connectivity index (χ4v) is 2.84. The predicted molar refractivity (Wildman–Crippen MR) is 83.0 cm³/mol. The van der Waals surface area contributed by atoms with E-state index in [2.05, 4.69) is 26.2 Å². The molecule has 1 atom stereocenters. The fraction of sp³-hybridized carbons (Fsp3) is 0.533. The number of thioether (sulfide) groups is 1. The van der Waals surface area contributed by atoms with E-state index in [9.17, 15) is 0 Å². The Morgan fingerprint density at radius 2 is 2.05 bits per heavy atom. The van der Waals surface area contributed by atoms with Gasteiger partial charge in [-0.05, 0) is 53.3 Å². The highest BCUT2D eigenvalue weighted by Gasteiger charge is 2.16. The van der Waals surface area contributed by atoms with E-state index in [0.29, 0.717) is 11.8 Å². The van der Waals surface area contributed by atoms with Gasteiger partial charge in [-0.25, -0.2) is 0 Å². The van der Waals surface area contributed by atoms with E-state index in [1.165, 1.54) is 11.8 Å². The van der Waals surface area contributed by atoms with Crippen LogP contribution in [0.25, 0.3) is 0 Å². The molecule has 1 aromatic rings. The van der Waals surface area contributed by atoms with Crippen molar-refractivity contribution >= 4 is 23.4 Å². The highest BCUT2D eigenvalue weighted by atomic mass is 35.5. The maximum Gasteiger partial charge on any atom is 0.133 e. The quantitative estimate of drug-likeness (QED) is 0.703. The van der Waals surface area contributed by atoms with Gasteiger partial charge >= 0.3 is 0 Å². The number of hydrogen-bond donors (Lipinski definition) is 0. The van der Waals surface area contributed by atoms with Crippen LogP contribution in [0, 0.1) is 16.6 Å². The van der Waals surface area contributed by atoms with Crippen LogP contribution < -0.4 is 4.74 Å². The van der Waals surface area contributed by atoms with Crippen LogP contribution in [0.4, 0.5) is 0 Å². The normalized spacial score (nSPS) is 12.3. The number of benzene rings is 1. The number of thiocyanates is 1. The highest BCUT2D eigenvalue weighted by molar-refractivity contribution is 8.03. The summed E-state index contributed by atoms with van der Waals surface area (Å²) in [6.07, 6.45) is 0.873. The van der Waals surface area contributed by atoms with Gasteiger partial charge in [0.1, 0.15) is 11.2 Å². The molecule has 0 bridgehead atoms. The molecule has 1 rings (SSSR count). The molecule has 0 aliphatic rings. The lowest BCUT2D eigenvalue weighted by molar-refractivity contribution is 0.400. The lowest BCUT2D eigenvalue weighted by Gasteiger charge is -2.18. The molecule has 0 saturated heterocycles. The summed E-state index contributed by atoms with van der Waals surface area (Å²) in [5.74, 6) is 2.55. The molecular weight excluding hydrogens is 278 g/mol. The van der Waals surface area contributed by atoms with Crippen LogP contribution in [-0.2, 0) is 6.42 Å². The second-order valence-electron chi connectivity index (χ2n) is 5.05. The first-order chi connectivity index (χ1) is 8.99. The zero-order valence-electron chi connectivity index (χ0n) is 11.9. The minimum atomic E-state index is 0.371. The van der Waals surface area contributed by atoms with Crippen LogP contribution in [0.1, 0.15) is 37.8 Å². The average molecular weight is 298 g/mol. The molecule has 0 radical (unpaired) electrons. The summed E-state index contributed by atoms with van der Waals surface area (Å²) in [5.41, 5.74) is 2.27. The van der Waals surface area contributed by atoms with Crippen molar-refractivity contribution in [2.75, 3.05) is 12.9 Å². The van der Waals surface area contributed by atoms with Gasteiger partial charge in [0.25, 0.3) is 0 Å². The Kier molecular flexibility index (Phi) is 6.54. The lowest BCUT2D eigenvalue weighted by atomic mass is 9.94.